The van der Waals surface area contributed by atoms with Crippen molar-refractivity contribution < 1.29 is 18.4 Å². The number of carbonyl (C=O) groups excluding carboxylic acids is 2. The predicted octanol–water partition coefficient (Wildman–Crippen LogP) is 6.68. The second-order valence-electron chi connectivity index (χ2n) is 10.8. The van der Waals surface area contributed by atoms with E-state index in [1.807, 2.05) is 45.9 Å². The van der Waals surface area contributed by atoms with Gasteiger partial charge in [-0.2, -0.15) is 5.26 Å². The molecule has 0 unspecified atom stereocenters. The number of halogens is 1. The number of imidazole rings is 1. The summed E-state index contributed by atoms with van der Waals surface area (Å²) in [5.41, 5.74) is 3.91. The number of nitriles is 1. The molecule has 0 atom stereocenters. The van der Waals surface area contributed by atoms with Gasteiger partial charge in [-0.15, -0.1) is 0 Å². The van der Waals surface area contributed by atoms with Gasteiger partial charge in [-0.25, -0.2) is 9.37 Å². The average molecular weight is 588 g/mol. The summed E-state index contributed by atoms with van der Waals surface area (Å²) < 4.78 is 22.0. The van der Waals surface area contributed by atoms with E-state index in [0.29, 0.717) is 29.3 Å². The second kappa shape index (κ2) is 12.8. The van der Waals surface area contributed by atoms with Crippen LogP contribution in [-0.4, -0.2) is 39.4 Å². The van der Waals surface area contributed by atoms with Gasteiger partial charge in [0.15, 0.2) is 5.76 Å². The van der Waals surface area contributed by atoms with Gasteiger partial charge in [0, 0.05) is 42.6 Å². The van der Waals surface area contributed by atoms with Gasteiger partial charge < -0.3 is 18.8 Å². The molecule has 0 spiro atoms. The van der Waals surface area contributed by atoms with E-state index in [0.717, 1.165) is 49.2 Å². The smallest absolute Gasteiger partial charge is 0.289 e. The fourth-order valence-corrected chi connectivity index (χ4v) is 5.39. The number of furan rings is 1. The standard InChI is InChI=1S/C35H30FN5O3/c36-29-6-4-5-28(19-29)34(42)41(23-31-21-38-24-40(31)22-26-9-7-25(20-37)8-10-26)30-13-11-27(12-14-30)32-15-16-33(44-32)35(43)39-17-2-1-3-18-39/h4-16,19,21,24H,1-3,17-18,22-23H2. The fraction of sp³-hybridized carbons (Fsp3) is 0.200. The van der Waals surface area contributed by atoms with Crippen LogP contribution in [0.15, 0.2) is 102 Å². The molecule has 2 aromatic heterocycles. The molecule has 44 heavy (non-hydrogen) atoms. The number of carbonyl (C=O) groups is 2. The fourth-order valence-electron chi connectivity index (χ4n) is 5.39. The number of nitrogens with zero attached hydrogens (tertiary/aromatic N) is 5. The van der Waals surface area contributed by atoms with E-state index in [2.05, 4.69) is 11.1 Å². The summed E-state index contributed by atoms with van der Waals surface area (Å²) in [4.78, 5) is 34.4. The van der Waals surface area contributed by atoms with E-state index in [1.165, 1.54) is 18.2 Å². The average Bonchev–Trinajstić information content (AvgIpc) is 3.74. The largest absolute Gasteiger partial charge is 0.451 e. The maximum Gasteiger partial charge on any atom is 0.289 e. The molecule has 1 aliphatic heterocycles. The van der Waals surface area contributed by atoms with Crippen molar-refractivity contribution in [2.45, 2.75) is 32.4 Å². The van der Waals surface area contributed by atoms with Crippen molar-refractivity contribution >= 4 is 17.5 Å². The lowest BCUT2D eigenvalue weighted by molar-refractivity contribution is 0.0693. The normalized spacial score (nSPS) is 13.0. The monoisotopic (exact) mass is 587 g/mol. The summed E-state index contributed by atoms with van der Waals surface area (Å²) in [7, 11) is 0. The highest BCUT2D eigenvalue weighted by Crippen LogP contribution is 2.28. The zero-order valence-electron chi connectivity index (χ0n) is 24.0. The van der Waals surface area contributed by atoms with Gasteiger partial charge in [-0.3, -0.25) is 9.59 Å². The summed E-state index contributed by atoms with van der Waals surface area (Å²) in [6, 6.07) is 25.8. The Kier molecular flexibility index (Phi) is 8.32. The van der Waals surface area contributed by atoms with Crippen LogP contribution in [0.1, 0.15) is 57.0 Å². The van der Waals surface area contributed by atoms with Crippen molar-refractivity contribution in [1.29, 1.82) is 5.26 Å². The topological polar surface area (TPSA) is 95.4 Å². The van der Waals surface area contributed by atoms with E-state index >= 15 is 0 Å². The molecule has 3 heterocycles. The first kappa shape index (κ1) is 28.6. The van der Waals surface area contributed by atoms with Crippen LogP contribution in [0.5, 0.6) is 0 Å². The van der Waals surface area contributed by atoms with Crippen LogP contribution in [0.25, 0.3) is 11.3 Å². The van der Waals surface area contributed by atoms with Crippen molar-refractivity contribution in [3.8, 4) is 17.4 Å². The zero-order valence-corrected chi connectivity index (χ0v) is 24.0. The van der Waals surface area contributed by atoms with Crippen LogP contribution in [0.4, 0.5) is 10.1 Å². The molecule has 2 amide bonds. The van der Waals surface area contributed by atoms with Crippen molar-refractivity contribution in [2.75, 3.05) is 18.0 Å². The highest BCUT2D eigenvalue weighted by molar-refractivity contribution is 6.06. The van der Waals surface area contributed by atoms with Crippen molar-refractivity contribution in [3.63, 3.8) is 0 Å². The van der Waals surface area contributed by atoms with E-state index < -0.39 is 5.82 Å². The first-order valence-corrected chi connectivity index (χ1v) is 14.5. The summed E-state index contributed by atoms with van der Waals surface area (Å²) in [6.07, 6.45) is 6.54. The lowest BCUT2D eigenvalue weighted by atomic mass is 10.1. The number of piperidine rings is 1. The van der Waals surface area contributed by atoms with Gasteiger partial charge in [0.1, 0.15) is 11.6 Å². The highest BCUT2D eigenvalue weighted by Gasteiger charge is 2.23. The Labute approximate surface area is 254 Å². The zero-order chi connectivity index (χ0) is 30.5. The summed E-state index contributed by atoms with van der Waals surface area (Å²) in [5.74, 6) is -0.0950. The molecule has 0 saturated carbocycles. The molecule has 1 saturated heterocycles. The Bertz CT molecular complexity index is 1810. The molecular formula is C35H30FN5O3. The van der Waals surface area contributed by atoms with Crippen LogP contribution in [-0.2, 0) is 13.1 Å². The molecule has 1 fully saturated rings. The van der Waals surface area contributed by atoms with Crippen molar-refractivity contribution in [2.24, 2.45) is 0 Å². The number of aromatic nitrogens is 2. The molecule has 6 rings (SSSR count). The molecule has 0 radical (unpaired) electrons. The van der Waals surface area contributed by atoms with Crippen LogP contribution in [0, 0.1) is 17.1 Å². The van der Waals surface area contributed by atoms with Crippen LogP contribution in [0.3, 0.4) is 0 Å². The van der Waals surface area contributed by atoms with Gasteiger partial charge in [0.25, 0.3) is 11.8 Å². The molecule has 9 heteroatoms. The van der Waals surface area contributed by atoms with E-state index in [1.54, 1.807) is 47.8 Å². The molecule has 8 nitrogen and oxygen atoms in total. The third-order valence-corrected chi connectivity index (χ3v) is 7.79. The predicted molar refractivity (Wildman–Crippen MR) is 163 cm³/mol. The number of amides is 2. The summed E-state index contributed by atoms with van der Waals surface area (Å²) >= 11 is 0. The summed E-state index contributed by atoms with van der Waals surface area (Å²) in [6.45, 7) is 2.16. The lowest BCUT2D eigenvalue weighted by Gasteiger charge is -2.25. The first-order chi connectivity index (χ1) is 21.5. The quantitative estimate of drug-likeness (QED) is 0.202. The number of rotatable bonds is 8. The molecule has 0 bridgehead atoms. The Hall–Kier alpha value is -5.49. The molecule has 3 aromatic carbocycles. The van der Waals surface area contributed by atoms with Crippen LogP contribution in [0.2, 0.25) is 0 Å². The van der Waals surface area contributed by atoms with E-state index in [4.69, 9.17) is 9.68 Å². The third kappa shape index (κ3) is 6.30. The summed E-state index contributed by atoms with van der Waals surface area (Å²) in [5, 5.41) is 9.11. The highest BCUT2D eigenvalue weighted by atomic mass is 19.1. The number of hydrogen-bond acceptors (Lipinski definition) is 5. The van der Waals surface area contributed by atoms with Gasteiger partial charge in [-0.1, -0.05) is 18.2 Å². The van der Waals surface area contributed by atoms with Gasteiger partial charge in [-0.05, 0) is 91.6 Å². The molecule has 0 aliphatic carbocycles. The molecule has 5 aromatic rings. The maximum absolute atomic E-state index is 14.1. The van der Waals surface area contributed by atoms with Crippen LogP contribution < -0.4 is 4.90 Å². The van der Waals surface area contributed by atoms with Crippen molar-refractivity contribution in [3.05, 3.63) is 131 Å². The number of anilines is 1. The van der Waals surface area contributed by atoms with Crippen molar-refractivity contribution in [1.82, 2.24) is 14.5 Å². The SMILES string of the molecule is N#Cc1ccc(Cn2cncc2CN(C(=O)c2cccc(F)c2)c2ccc(-c3ccc(C(=O)N4CCCCC4)o3)cc2)cc1. The minimum Gasteiger partial charge on any atom is -0.451 e. The Balaban J connectivity index is 1.26. The lowest BCUT2D eigenvalue weighted by Crippen LogP contribution is -2.35. The Morgan fingerprint density at radius 3 is 2.45 bits per heavy atom. The van der Waals surface area contributed by atoms with Gasteiger partial charge in [0.2, 0.25) is 0 Å². The second-order valence-corrected chi connectivity index (χ2v) is 10.8. The molecular weight excluding hydrogens is 557 g/mol. The minimum absolute atomic E-state index is 0.1000. The Morgan fingerprint density at radius 2 is 1.73 bits per heavy atom. The molecule has 0 N–H and O–H groups in total. The Morgan fingerprint density at radius 1 is 0.955 bits per heavy atom. The van der Waals surface area contributed by atoms with E-state index in [9.17, 15) is 14.0 Å². The molecule has 1 aliphatic rings. The number of likely N-dealkylation sites (tertiary alicyclic amines) is 1. The third-order valence-electron chi connectivity index (χ3n) is 7.79. The first-order valence-electron chi connectivity index (χ1n) is 14.5. The maximum atomic E-state index is 14.1. The van der Waals surface area contributed by atoms with E-state index in [-0.39, 0.29) is 23.9 Å². The number of benzene rings is 3. The minimum atomic E-state index is -0.496. The van der Waals surface area contributed by atoms with Gasteiger partial charge >= 0.3 is 0 Å². The molecule has 220 valence electrons. The number of hydrogen-bond donors (Lipinski definition) is 0. The van der Waals surface area contributed by atoms with Crippen LogP contribution >= 0.6 is 0 Å². The van der Waals surface area contributed by atoms with Gasteiger partial charge in [0.05, 0.1) is 30.2 Å².